The Hall–Kier alpha value is -2.97. The molecule has 2 aromatic heterocycles. The minimum atomic E-state index is -0.802. The second-order valence-electron chi connectivity index (χ2n) is 7.73. The number of hydrogen-bond donors (Lipinski definition) is 2. The first-order valence-electron chi connectivity index (χ1n) is 10.0. The summed E-state index contributed by atoms with van der Waals surface area (Å²) in [4.78, 5) is 31.7. The molecule has 1 fully saturated rings. The van der Waals surface area contributed by atoms with Gasteiger partial charge in [-0.2, -0.15) is 0 Å². The molecular weight excluding hydrogens is 423 g/mol. The van der Waals surface area contributed by atoms with Gasteiger partial charge in [0.15, 0.2) is 0 Å². The van der Waals surface area contributed by atoms with E-state index in [0.717, 1.165) is 5.56 Å². The number of aliphatic hydroxyl groups excluding tert-OH is 1. The number of nitrogens with two attached hydrogens (primary N) is 1. The standard InChI is InChI=1S/C22H22ClFN4O3/c23-20-11-14-10-17(21(25)30)28(19(14)12-26-20)18(9-13-1-3-15(24)4-2-13)22(31)27-7-5-16(29)6-8-27/h1-4,10-12,16,18,29H,5-9H2,(H2,25,30)/t18-/m0/s1. The van der Waals surface area contributed by atoms with Crippen LogP contribution in [0.1, 0.15) is 34.9 Å². The lowest BCUT2D eigenvalue weighted by molar-refractivity contribution is -0.136. The molecule has 1 atom stereocenters. The first-order chi connectivity index (χ1) is 14.8. The molecular formula is C22H22ClFN4O3. The molecule has 0 unspecified atom stereocenters. The third-order valence-electron chi connectivity index (χ3n) is 5.66. The quantitative estimate of drug-likeness (QED) is 0.591. The summed E-state index contributed by atoms with van der Waals surface area (Å²) in [6, 6.07) is 8.28. The highest BCUT2D eigenvalue weighted by atomic mass is 35.5. The molecule has 0 radical (unpaired) electrons. The fourth-order valence-electron chi connectivity index (χ4n) is 4.06. The summed E-state index contributed by atoms with van der Waals surface area (Å²) in [5, 5.41) is 10.7. The van der Waals surface area contributed by atoms with E-state index < -0.39 is 18.1 Å². The fourth-order valence-corrected chi connectivity index (χ4v) is 4.22. The lowest BCUT2D eigenvalue weighted by Crippen LogP contribution is -2.44. The van der Waals surface area contributed by atoms with E-state index in [2.05, 4.69) is 4.98 Å². The smallest absolute Gasteiger partial charge is 0.265 e. The van der Waals surface area contributed by atoms with Crippen molar-refractivity contribution < 1.29 is 19.1 Å². The van der Waals surface area contributed by atoms with E-state index in [4.69, 9.17) is 17.3 Å². The second kappa shape index (κ2) is 8.64. The topological polar surface area (TPSA) is 101 Å². The van der Waals surface area contributed by atoms with Crippen molar-refractivity contribution in [2.24, 2.45) is 5.73 Å². The van der Waals surface area contributed by atoms with Crippen molar-refractivity contribution in [3.63, 3.8) is 0 Å². The van der Waals surface area contributed by atoms with Gasteiger partial charge in [-0.3, -0.25) is 9.59 Å². The van der Waals surface area contributed by atoms with Crippen molar-refractivity contribution in [1.82, 2.24) is 14.5 Å². The summed E-state index contributed by atoms with van der Waals surface area (Å²) in [6.07, 6.45) is 2.28. The molecule has 3 aromatic rings. The molecule has 1 aliphatic rings. The van der Waals surface area contributed by atoms with Crippen molar-refractivity contribution in [1.29, 1.82) is 0 Å². The Morgan fingerprint density at radius 1 is 1.23 bits per heavy atom. The van der Waals surface area contributed by atoms with Gasteiger partial charge in [-0.05, 0) is 42.7 Å². The van der Waals surface area contributed by atoms with Crippen LogP contribution in [0.2, 0.25) is 5.15 Å². The van der Waals surface area contributed by atoms with Gasteiger partial charge in [0.25, 0.3) is 5.91 Å². The Bertz CT molecular complexity index is 1120. The van der Waals surface area contributed by atoms with Crippen LogP contribution in [0.3, 0.4) is 0 Å². The van der Waals surface area contributed by atoms with Gasteiger partial charge in [-0.15, -0.1) is 0 Å². The number of nitrogens with zero attached hydrogens (tertiary/aromatic N) is 3. The number of fused-ring (bicyclic) bond motifs is 1. The number of benzene rings is 1. The highest BCUT2D eigenvalue weighted by molar-refractivity contribution is 6.30. The molecule has 9 heteroatoms. The minimum Gasteiger partial charge on any atom is -0.393 e. The van der Waals surface area contributed by atoms with Crippen LogP contribution >= 0.6 is 11.6 Å². The van der Waals surface area contributed by atoms with Crippen LogP contribution in [0.4, 0.5) is 4.39 Å². The fraction of sp³-hybridized carbons (Fsp3) is 0.318. The van der Waals surface area contributed by atoms with E-state index in [1.165, 1.54) is 18.3 Å². The van der Waals surface area contributed by atoms with Crippen LogP contribution in [0.25, 0.3) is 10.9 Å². The van der Waals surface area contributed by atoms with Gasteiger partial charge in [0.05, 0.1) is 17.8 Å². The van der Waals surface area contributed by atoms with Crippen molar-refractivity contribution in [3.8, 4) is 0 Å². The number of carbonyl (C=O) groups is 2. The summed E-state index contributed by atoms with van der Waals surface area (Å²) in [5.74, 6) is -1.26. The summed E-state index contributed by atoms with van der Waals surface area (Å²) in [7, 11) is 0. The van der Waals surface area contributed by atoms with E-state index in [0.29, 0.717) is 36.8 Å². The number of aromatic nitrogens is 2. The normalized spacial score (nSPS) is 15.9. The van der Waals surface area contributed by atoms with Crippen molar-refractivity contribution in [2.45, 2.75) is 31.4 Å². The molecule has 0 spiro atoms. The van der Waals surface area contributed by atoms with Gasteiger partial charge in [0, 0.05) is 24.9 Å². The van der Waals surface area contributed by atoms with Gasteiger partial charge in [-0.25, -0.2) is 9.37 Å². The maximum Gasteiger partial charge on any atom is 0.265 e. The number of piperidine rings is 1. The number of halogens is 2. The third kappa shape index (κ3) is 4.40. The lowest BCUT2D eigenvalue weighted by Gasteiger charge is -2.33. The van der Waals surface area contributed by atoms with Gasteiger partial charge in [0.2, 0.25) is 5.91 Å². The average Bonchev–Trinajstić information content (AvgIpc) is 3.12. The van der Waals surface area contributed by atoms with Gasteiger partial charge < -0.3 is 20.3 Å². The molecule has 162 valence electrons. The van der Waals surface area contributed by atoms with Gasteiger partial charge in [-0.1, -0.05) is 23.7 Å². The van der Waals surface area contributed by atoms with Gasteiger partial charge in [0.1, 0.15) is 22.7 Å². The molecule has 7 nitrogen and oxygen atoms in total. The Labute approximate surface area is 183 Å². The molecule has 1 aliphatic heterocycles. The van der Waals surface area contributed by atoms with E-state index in [1.54, 1.807) is 33.7 Å². The predicted octanol–water partition coefficient (Wildman–Crippen LogP) is 2.69. The summed E-state index contributed by atoms with van der Waals surface area (Å²) < 4.78 is 15.0. The van der Waals surface area contributed by atoms with E-state index in [-0.39, 0.29) is 29.0 Å². The summed E-state index contributed by atoms with van der Waals surface area (Å²) in [6.45, 7) is 0.824. The van der Waals surface area contributed by atoms with Crippen molar-refractivity contribution >= 4 is 34.3 Å². The first kappa shape index (κ1) is 21.3. The largest absolute Gasteiger partial charge is 0.393 e. The molecule has 4 rings (SSSR count). The van der Waals surface area contributed by atoms with E-state index >= 15 is 0 Å². The third-order valence-corrected chi connectivity index (χ3v) is 5.87. The average molecular weight is 445 g/mol. The molecule has 3 heterocycles. The zero-order valence-electron chi connectivity index (χ0n) is 16.7. The number of primary amides is 1. The number of carbonyl (C=O) groups excluding carboxylic acids is 2. The Morgan fingerprint density at radius 2 is 1.90 bits per heavy atom. The number of amides is 2. The SMILES string of the molecule is NC(=O)c1cc2cc(Cl)ncc2n1[C@@H](Cc1ccc(F)cc1)C(=O)N1CCC(O)CC1. The monoisotopic (exact) mass is 444 g/mol. The highest BCUT2D eigenvalue weighted by Gasteiger charge is 2.32. The van der Waals surface area contributed by atoms with Crippen LogP contribution < -0.4 is 5.73 Å². The van der Waals surface area contributed by atoms with Crippen molar-refractivity contribution in [2.75, 3.05) is 13.1 Å². The number of pyridine rings is 1. The molecule has 0 saturated carbocycles. The number of likely N-dealkylation sites (tertiary alicyclic amines) is 1. The molecule has 3 N–H and O–H groups in total. The van der Waals surface area contributed by atoms with Crippen LogP contribution in [-0.2, 0) is 11.2 Å². The number of hydrogen-bond acceptors (Lipinski definition) is 4. The van der Waals surface area contributed by atoms with E-state index in [9.17, 15) is 19.1 Å². The highest BCUT2D eigenvalue weighted by Crippen LogP contribution is 2.29. The molecule has 0 bridgehead atoms. The molecule has 2 amide bonds. The molecule has 31 heavy (non-hydrogen) atoms. The number of aliphatic hydroxyl groups is 1. The second-order valence-corrected chi connectivity index (χ2v) is 8.12. The maximum absolute atomic E-state index is 13.6. The zero-order chi connectivity index (χ0) is 22.1. The summed E-state index contributed by atoms with van der Waals surface area (Å²) >= 11 is 6.01. The maximum atomic E-state index is 13.6. The van der Waals surface area contributed by atoms with Crippen molar-refractivity contribution in [3.05, 3.63) is 64.8 Å². The molecule has 1 aromatic carbocycles. The van der Waals surface area contributed by atoms with Crippen LogP contribution in [0.5, 0.6) is 0 Å². The van der Waals surface area contributed by atoms with E-state index in [1.807, 2.05) is 0 Å². The zero-order valence-corrected chi connectivity index (χ0v) is 17.4. The predicted molar refractivity (Wildman–Crippen MR) is 114 cm³/mol. The van der Waals surface area contributed by atoms with Crippen LogP contribution in [0, 0.1) is 5.82 Å². The minimum absolute atomic E-state index is 0.163. The Kier molecular flexibility index (Phi) is 5.93. The Morgan fingerprint density at radius 3 is 2.55 bits per heavy atom. The van der Waals surface area contributed by atoms with Crippen LogP contribution in [-0.4, -0.2) is 50.6 Å². The van der Waals surface area contributed by atoms with Gasteiger partial charge >= 0.3 is 0 Å². The first-order valence-corrected chi connectivity index (χ1v) is 10.4. The molecule has 0 aliphatic carbocycles. The van der Waals surface area contributed by atoms with Crippen LogP contribution in [0.15, 0.2) is 42.6 Å². The lowest BCUT2D eigenvalue weighted by atomic mass is 10.0. The molecule has 1 saturated heterocycles. The Balaban J connectivity index is 1.82. The number of rotatable bonds is 5. The summed E-state index contributed by atoms with van der Waals surface area (Å²) in [5.41, 5.74) is 7.09.